The number of nitrogens with one attached hydrogen (secondary N) is 3. The summed E-state index contributed by atoms with van der Waals surface area (Å²) >= 11 is 6.08. The largest absolute Gasteiger partial charge is 0.494 e. The predicted octanol–water partition coefficient (Wildman–Crippen LogP) is 3.09. The Morgan fingerprint density at radius 3 is 2.60 bits per heavy atom. The molecule has 0 unspecified atom stereocenters. The monoisotopic (exact) mass is 432 g/mol. The molecular formula is C21H25ClN4O4. The summed E-state index contributed by atoms with van der Waals surface area (Å²) in [5.74, 6) is -0.835. The number of amides is 2. The Kier molecular flexibility index (Phi) is 9.63. The van der Waals surface area contributed by atoms with Gasteiger partial charge in [0.2, 0.25) is 0 Å². The van der Waals surface area contributed by atoms with Gasteiger partial charge < -0.3 is 20.1 Å². The van der Waals surface area contributed by atoms with Gasteiger partial charge in [-0.05, 0) is 55.8 Å². The second-order valence-electron chi connectivity index (χ2n) is 6.12. The van der Waals surface area contributed by atoms with Crippen molar-refractivity contribution in [2.75, 3.05) is 32.2 Å². The molecule has 0 fully saturated rings. The van der Waals surface area contributed by atoms with Crippen molar-refractivity contribution in [3.8, 4) is 5.75 Å². The second kappa shape index (κ2) is 12.5. The van der Waals surface area contributed by atoms with E-state index in [4.69, 9.17) is 21.1 Å². The highest BCUT2D eigenvalue weighted by Crippen LogP contribution is 2.24. The summed E-state index contributed by atoms with van der Waals surface area (Å²) in [7, 11) is 1.57. The number of hydrogen-bond acceptors (Lipinski definition) is 6. The van der Waals surface area contributed by atoms with Crippen LogP contribution in [0.15, 0.2) is 47.6 Å². The topological polar surface area (TPSA) is 101 Å². The van der Waals surface area contributed by atoms with Gasteiger partial charge in [0.05, 0.1) is 12.8 Å². The summed E-state index contributed by atoms with van der Waals surface area (Å²) in [5.41, 5.74) is 4.41. The predicted molar refractivity (Wildman–Crippen MR) is 118 cm³/mol. The van der Waals surface area contributed by atoms with E-state index in [9.17, 15) is 9.59 Å². The van der Waals surface area contributed by atoms with E-state index in [2.05, 4.69) is 21.2 Å². The quantitative estimate of drug-likeness (QED) is 0.232. The zero-order valence-electron chi connectivity index (χ0n) is 16.9. The summed E-state index contributed by atoms with van der Waals surface area (Å²) in [4.78, 5) is 23.5. The number of rotatable bonds is 10. The van der Waals surface area contributed by atoms with Crippen LogP contribution in [0, 0.1) is 0 Å². The number of hydrogen-bond donors (Lipinski definition) is 3. The third kappa shape index (κ3) is 7.73. The van der Waals surface area contributed by atoms with Crippen LogP contribution in [0.2, 0.25) is 5.02 Å². The number of benzene rings is 2. The molecule has 8 nitrogen and oxygen atoms in total. The molecule has 2 aromatic carbocycles. The Morgan fingerprint density at radius 1 is 1.13 bits per heavy atom. The highest BCUT2D eigenvalue weighted by Gasteiger charge is 2.11. The molecule has 0 aliphatic rings. The van der Waals surface area contributed by atoms with E-state index in [0.717, 1.165) is 17.1 Å². The van der Waals surface area contributed by atoms with Gasteiger partial charge in [-0.2, -0.15) is 5.10 Å². The first-order valence-electron chi connectivity index (χ1n) is 9.43. The van der Waals surface area contributed by atoms with Crippen LogP contribution in [-0.2, 0) is 14.3 Å². The number of anilines is 2. The highest BCUT2D eigenvalue weighted by atomic mass is 35.5. The third-order valence-corrected chi connectivity index (χ3v) is 4.08. The maximum Gasteiger partial charge on any atom is 0.329 e. The summed E-state index contributed by atoms with van der Waals surface area (Å²) in [6.45, 7) is 3.37. The van der Waals surface area contributed by atoms with Crippen molar-refractivity contribution in [2.24, 2.45) is 5.10 Å². The molecule has 2 aromatic rings. The Hall–Kier alpha value is -3.10. The summed E-state index contributed by atoms with van der Waals surface area (Å²) in [5, 5.41) is 10.1. The molecule has 160 valence electrons. The van der Waals surface area contributed by atoms with Crippen molar-refractivity contribution >= 4 is 41.0 Å². The molecule has 2 amide bonds. The van der Waals surface area contributed by atoms with Gasteiger partial charge in [-0.3, -0.25) is 9.59 Å². The van der Waals surface area contributed by atoms with E-state index in [-0.39, 0.29) is 0 Å². The fourth-order valence-corrected chi connectivity index (χ4v) is 2.60. The van der Waals surface area contributed by atoms with E-state index in [1.807, 2.05) is 31.2 Å². The average molecular weight is 433 g/mol. The lowest BCUT2D eigenvalue weighted by Crippen LogP contribution is -2.38. The number of halogens is 1. The minimum Gasteiger partial charge on any atom is -0.494 e. The zero-order chi connectivity index (χ0) is 21.8. The highest BCUT2D eigenvalue weighted by molar-refractivity contribution is 6.35. The molecule has 0 aromatic heterocycles. The maximum absolute atomic E-state index is 11.8. The summed E-state index contributed by atoms with van der Waals surface area (Å²) < 4.78 is 10.3. The number of methoxy groups -OCH3 is 1. The van der Waals surface area contributed by atoms with Crippen LogP contribution >= 0.6 is 11.6 Å². The molecule has 0 spiro atoms. The SMILES string of the molecule is CCOc1ccc(Nc2ccc(Cl)cc2/C=N\NC(=O)C(=O)NCCCOC)cc1. The number of carbonyl (C=O) groups is 2. The van der Waals surface area contributed by atoms with Gasteiger partial charge in [-0.1, -0.05) is 11.6 Å². The number of nitrogens with zero attached hydrogens (tertiary/aromatic N) is 1. The molecule has 2 rings (SSSR count). The lowest BCUT2D eigenvalue weighted by Gasteiger charge is -2.11. The number of hydrazone groups is 1. The van der Waals surface area contributed by atoms with Gasteiger partial charge in [0.15, 0.2) is 0 Å². The van der Waals surface area contributed by atoms with E-state index in [1.54, 1.807) is 25.3 Å². The van der Waals surface area contributed by atoms with Crippen LogP contribution in [0.4, 0.5) is 11.4 Å². The first-order chi connectivity index (χ1) is 14.5. The molecule has 30 heavy (non-hydrogen) atoms. The molecule has 9 heteroatoms. The fourth-order valence-electron chi connectivity index (χ4n) is 2.42. The van der Waals surface area contributed by atoms with Gasteiger partial charge in [-0.15, -0.1) is 0 Å². The molecular weight excluding hydrogens is 408 g/mol. The Labute approximate surface area is 180 Å². The van der Waals surface area contributed by atoms with Crippen LogP contribution in [0.3, 0.4) is 0 Å². The average Bonchev–Trinajstić information content (AvgIpc) is 2.74. The lowest BCUT2D eigenvalue weighted by molar-refractivity contribution is -0.139. The van der Waals surface area contributed by atoms with Crippen molar-refractivity contribution in [1.82, 2.24) is 10.7 Å². The van der Waals surface area contributed by atoms with Crippen molar-refractivity contribution in [2.45, 2.75) is 13.3 Å². The minimum absolute atomic E-state index is 0.342. The lowest BCUT2D eigenvalue weighted by atomic mass is 10.2. The fraction of sp³-hybridized carbons (Fsp3) is 0.286. The molecule has 0 saturated heterocycles. The van der Waals surface area contributed by atoms with Gasteiger partial charge in [-0.25, -0.2) is 5.43 Å². The molecule has 0 heterocycles. The standard InChI is InChI=1S/C21H25ClN4O4/c1-3-30-18-8-6-17(7-9-18)25-19-10-5-16(22)13-15(19)14-24-26-21(28)20(27)23-11-4-12-29-2/h5-10,13-14,25H,3-4,11-12H2,1-2H3,(H,23,27)(H,26,28)/b24-14-. The van der Waals surface area contributed by atoms with Gasteiger partial charge in [0.1, 0.15) is 5.75 Å². The Balaban J connectivity index is 1.99. The molecule has 0 aliphatic carbocycles. The Morgan fingerprint density at radius 2 is 1.90 bits per heavy atom. The van der Waals surface area contributed by atoms with Crippen molar-refractivity contribution in [1.29, 1.82) is 0 Å². The third-order valence-electron chi connectivity index (χ3n) is 3.84. The number of ether oxygens (including phenoxy) is 2. The number of carbonyl (C=O) groups excluding carboxylic acids is 2. The first-order valence-corrected chi connectivity index (χ1v) is 9.81. The van der Waals surface area contributed by atoms with Gasteiger partial charge in [0, 0.05) is 42.2 Å². The van der Waals surface area contributed by atoms with E-state index in [0.29, 0.717) is 36.8 Å². The van der Waals surface area contributed by atoms with Crippen molar-refractivity contribution in [3.05, 3.63) is 53.1 Å². The van der Waals surface area contributed by atoms with Crippen LogP contribution in [0.25, 0.3) is 0 Å². The van der Waals surface area contributed by atoms with Crippen LogP contribution in [0.5, 0.6) is 5.75 Å². The molecule has 3 N–H and O–H groups in total. The molecule has 0 saturated carbocycles. The molecule has 0 bridgehead atoms. The minimum atomic E-state index is -0.855. The molecule has 0 aliphatic heterocycles. The summed E-state index contributed by atoms with van der Waals surface area (Å²) in [6, 6.07) is 12.7. The van der Waals surface area contributed by atoms with E-state index in [1.165, 1.54) is 6.21 Å². The van der Waals surface area contributed by atoms with E-state index < -0.39 is 11.8 Å². The Bertz CT molecular complexity index is 872. The van der Waals surface area contributed by atoms with Crippen molar-refractivity contribution < 1.29 is 19.1 Å². The molecule has 0 atom stereocenters. The van der Waals surface area contributed by atoms with Crippen LogP contribution in [0.1, 0.15) is 18.9 Å². The second-order valence-corrected chi connectivity index (χ2v) is 6.55. The molecule has 0 radical (unpaired) electrons. The van der Waals surface area contributed by atoms with Crippen molar-refractivity contribution in [3.63, 3.8) is 0 Å². The smallest absolute Gasteiger partial charge is 0.329 e. The van der Waals surface area contributed by atoms with Crippen LogP contribution < -0.4 is 20.8 Å². The van der Waals surface area contributed by atoms with E-state index >= 15 is 0 Å². The van der Waals surface area contributed by atoms with Crippen LogP contribution in [-0.4, -0.2) is 44.9 Å². The zero-order valence-corrected chi connectivity index (χ0v) is 17.7. The maximum atomic E-state index is 11.8. The first kappa shape index (κ1) is 23.2. The summed E-state index contributed by atoms with van der Waals surface area (Å²) in [6.07, 6.45) is 2.03. The van der Waals surface area contributed by atoms with Gasteiger partial charge in [0.25, 0.3) is 0 Å². The van der Waals surface area contributed by atoms with Gasteiger partial charge >= 0.3 is 11.8 Å². The normalized spacial score (nSPS) is 10.6.